The van der Waals surface area contributed by atoms with Crippen LogP contribution in [0.2, 0.25) is 0 Å². The van der Waals surface area contributed by atoms with Crippen LogP contribution in [0.5, 0.6) is 5.75 Å². The molecule has 2 aromatic rings. The molecule has 0 N–H and O–H groups in total. The maximum atomic E-state index is 6.25. The van der Waals surface area contributed by atoms with Crippen molar-refractivity contribution >= 4 is 0 Å². The second-order valence-corrected chi connectivity index (χ2v) is 10.4. The molecule has 0 bridgehead atoms. The van der Waals surface area contributed by atoms with Crippen molar-refractivity contribution in [3.8, 4) is 17.0 Å². The van der Waals surface area contributed by atoms with Crippen LogP contribution in [0.25, 0.3) is 11.3 Å². The number of hydrogen-bond acceptors (Lipinski definition) is 3. The van der Waals surface area contributed by atoms with Crippen molar-refractivity contribution in [2.45, 2.75) is 117 Å². The van der Waals surface area contributed by atoms with E-state index in [9.17, 15) is 0 Å². The maximum absolute atomic E-state index is 6.25. The second-order valence-electron chi connectivity index (χ2n) is 10.4. The average molecular weight is 465 g/mol. The number of rotatable bonds is 16. The van der Waals surface area contributed by atoms with E-state index >= 15 is 0 Å². The molecule has 188 valence electrons. The first-order valence-electron chi connectivity index (χ1n) is 14.3. The van der Waals surface area contributed by atoms with Crippen LogP contribution in [0.1, 0.15) is 116 Å². The summed E-state index contributed by atoms with van der Waals surface area (Å²) in [5.74, 6) is 2.80. The SMILES string of the molecule is CCCCCCCCCOc1ccccc1-c1ncncc1CCC1CCC(CCCC)CC1. The first-order valence-corrected chi connectivity index (χ1v) is 14.3. The summed E-state index contributed by atoms with van der Waals surface area (Å²) in [6.45, 7) is 5.37. The number of para-hydroxylation sites is 1. The summed E-state index contributed by atoms with van der Waals surface area (Å²) < 4.78 is 6.25. The van der Waals surface area contributed by atoms with Gasteiger partial charge in [-0.1, -0.05) is 109 Å². The molecule has 0 unspecified atom stereocenters. The van der Waals surface area contributed by atoms with E-state index in [2.05, 4.69) is 43.1 Å². The number of ether oxygens (including phenoxy) is 1. The van der Waals surface area contributed by atoms with Gasteiger partial charge >= 0.3 is 0 Å². The molecule has 0 amide bonds. The highest BCUT2D eigenvalue weighted by Crippen LogP contribution is 2.36. The smallest absolute Gasteiger partial charge is 0.128 e. The van der Waals surface area contributed by atoms with Crippen molar-refractivity contribution in [3.05, 3.63) is 42.4 Å². The Bertz CT molecular complexity index is 798. The largest absolute Gasteiger partial charge is 0.493 e. The minimum absolute atomic E-state index is 0.784. The lowest BCUT2D eigenvalue weighted by atomic mass is 9.78. The molecule has 3 nitrogen and oxygen atoms in total. The zero-order valence-corrected chi connectivity index (χ0v) is 21.9. The van der Waals surface area contributed by atoms with E-state index in [1.54, 1.807) is 6.33 Å². The Hall–Kier alpha value is -1.90. The molecule has 3 rings (SSSR count). The van der Waals surface area contributed by atoms with E-state index in [1.807, 2.05) is 6.20 Å². The van der Waals surface area contributed by atoms with E-state index in [-0.39, 0.29) is 0 Å². The molecule has 0 atom stereocenters. The third kappa shape index (κ3) is 9.04. The Morgan fingerprint density at radius 2 is 1.47 bits per heavy atom. The van der Waals surface area contributed by atoms with Crippen molar-refractivity contribution in [2.24, 2.45) is 11.8 Å². The predicted octanol–water partition coefficient (Wildman–Crippen LogP) is 9.20. The molecule has 1 aliphatic carbocycles. The lowest BCUT2D eigenvalue weighted by Gasteiger charge is -2.28. The second kappa shape index (κ2) is 15.9. The third-order valence-corrected chi connectivity index (χ3v) is 7.69. The van der Waals surface area contributed by atoms with Gasteiger partial charge in [0.2, 0.25) is 0 Å². The van der Waals surface area contributed by atoms with Gasteiger partial charge in [-0.2, -0.15) is 0 Å². The molecular formula is C31H48N2O. The molecule has 0 spiro atoms. The van der Waals surface area contributed by atoms with Crippen molar-refractivity contribution < 1.29 is 4.74 Å². The first kappa shape index (κ1) is 26.7. The van der Waals surface area contributed by atoms with Crippen LogP contribution in [0.15, 0.2) is 36.8 Å². The van der Waals surface area contributed by atoms with Gasteiger partial charge < -0.3 is 4.74 Å². The zero-order chi connectivity index (χ0) is 23.8. The van der Waals surface area contributed by atoms with Gasteiger partial charge in [0.05, 0.1) is 12.3 Å². The summed E-state index contributed by atoms with van der Waals surface area (Å²) in [5.41, 5.74) is 3.44. The quantitative estimate of drug-likeness (QED) is 0.232. The van der Waals surface area contributed by atoms with Crippen LogP contribution in [0, 0.1) is 11.8 Å². The molecule has 1 fully saturated rings. The molecule has 0 radical (unpaired) electrons. The summed E-state index contributed by atoms with van der Waals surface area (Å²) in [4.78, 5) is 9.09. The molecule has 1 aromatic heterocycles. The highest BCUT2D eigenvalue weighted by Gasteiger charge is 2.21. The van der Waals surface area contributed by atoms with E-state index in [0.717, 1.165) is 48.3 Å². The predicted molar refractivity (Wildman–Crippen MR) is 144 cm³/mol. The van der Waals surface area contributed by atoms with Gasteiger partial charge in [0.15, 0.2) is 0 Å². The summed E-state index contributed by atoms with van der Waals surface area (Å²) in [7, 11) is 0. The fourth-order valence-electron chi connectivity index (χ4n) is 5.47. The number of nitrogens with zero attached hydrogens (tertiary/aromatic N) is 2. The fraction of sp³-hybridized carbons (Fsp3) is 0.677. The first-order chi connectivity index (χ1) is 16.8. The van der Waals surface area contributed by atoms with Gasteiger partial charge in [-0.05, 0) is 48.8 Å². The number of hydrogen-bond donors (Lipinski definition) is 0. The van der Waals surface area contributed by atoms with Crippen LogP contribution in [-0.2, 0) is 6.42 Å². The van der Waals surface area contributed by atoms with E-state index in [0.29, 0.717) is 0 Å². The lowest BCUT2D eigenvalue weighted by Crippen LogP contribution is -2.15. The maximum Gasteiger partial charge on any atom is 0.128 e. The lowest BCUT2D eigenvalue weighted by molar-refractivity contribution is 0.250. The number of unbranched alkanes of at least 4 members (excludes halogenated alkanes) is 7. The molecule has 1 aromatic carbocycles. The van der Waals surface area contributed by atoms with Gasteiger partial charge in [0.1, 0.15) is 12.1 Å². The fourth-order valence-corrected chi connectivity index (χ4v) is 5.47. The Labute approximate surface area is 209 Å². The Morgan fingerprint density at radius 3 is 2.24 bits per heavy atom. The molecule has 3 heteroatoms. The molecule has 1 aliphatic rings. The molecule has 1 saturated carbocycles. The standard InChI is InChI=1S/C31H48N2O/c1-3-5-7-8-9-10-13-23-34-30-16-12-11-15-29(30)31-28(24-32-25-33-31)22-21-27-19-17-26(18-20-27)14-6-4-2/h11-12,15-16,24-27H,3-10,13-14,17-23H2,1-2H3. The van der Waals surface area contributed by atoms with E-state index in [1.165, 1.54) is 95.5 Å². The number of benzene rings is 1. The average Bonchev–Trinajstić information content (AvgIpc) is 2.89. The summed E-state index contributed by atoms with van der Waals surface area (Å²) in [5, 5.41) is 0. The van der Waals surface area contributed by atoms with Crippen LogP contribution in [-0.4, -0.2) is 16.6 Å². The van der Waals surface area contributed by atoms with E-state index in [4.69, 9.17) is 9.72 Å². The van der Waals surface area contributed by atoms with Gasteiger partial charge in [0, 0.05) is 11.8 Å². The Morgan fingerprint density at radius 1 is 0.794 bits per heavy atom. The van der Waals surface area contributed by atoms with Crippen molar-refractivity contribution in [1.82, 2.24) is 9.97 Å². The Balaban J connectivity index is 1.51. The summed E-state index contributed by atoms with van der Waals surface area (Å²) in [6.07, 6.45) is 25.0. The minimum atomic E-state index is 0.784. The molecule has 1 heterocycles. The number of aryl methyl sites for hydroxylation is 1. The number of aromatic nitrogens is 2. The van der Waals surface area contributed by atoms with Crippen molar-refractivity contribution in [3.63, 3.8) is 0 Å². The molecule has 0 saturated heterocycles. The van der Waals surface area contributed by atoms with Gasteiger partial charge in [0.25, 0.3) is 0 Å². The highest BCUT2D eigenvalue weighted by atomic mass is 16.5. The minimum Gasteiger partial charge on any atom is -0.493 e. The molecule has 0 aliphatic heterocycles. The topological polar surface area (TPSA) is 35.0 Å². The van der Waals surface area contributed by atoms with Crippen LogP contribution >= 0.6 is 0 Å². The third-order valence-electron chi connectivity index (χ3n) is 7.69. The summed E-state index contributed by atoms with van der Waals surface area (Å²) >= 11 is 0. The molecule has 34 heavy (non-hydrogen) atoms. The monoisotopic (exact) mass is 464 g/mol. The normalized spacial score (nSPS) is 18.2. The van der Waals surface area contributed by atoms with E-state index < -0.39 is 0 Å². The summed E-state index contributed by atoms with van der Waals surface area (Å²) in [6, 6.07) is 8.42. The van der Waals surface area contributed by atoms with Crippen LogP contribution < -0.4 is 4.74 Å². The van der Waals surface area contributed by atoms with Crippen molar-refractivity contribution in [2.75, 3.05) is 6.61 Å². The van der Waals surface area contributed by atoms with Crippen molar-refractivity contribution in [1.29, 1.82) is 0 Å². The zero-order valence-electron chi connectivity index (χ0n) is 21.9. The van der Waals surface area contributed by atoms with Gasteiger partial charge in [-0.25, -0.2) is 9.97 Å². The molecular weight excluding hydrogens is 416 g/mol. The van der Waals surface area contributed by atoms with Gasteiger partial charge in [-0.15, -0.1) is 0 Å². The van der Waals surface area contributed by atoms with Crippen LogP contribution in [0.3, 0.4) is 0 Å². The highest BCUT2D eigenvalue weighted by molar-refractivity contribution is 5.69. The van der Waals surface area contributed by atoms with Crippen LogP contribution in [0.4, 0.5) is 0 Å². The Kier molecular flexibility index (Phi) is 12.5. The van der Waals surface area contributed by atoms with Gasteiger partial charge in [-0.3, -0.25) is 0 Å².